The number of nitrogens with one attached hydrogen (secondary N) is 1. The highest BCUT2D eigenvalue weighted by Gasteiger charge is 2.32. The van der Waals surface area contributed by atoms with Gasteiger partial charge in [0.25, 0.3) is 5.91 Å². The van der Waals surface area contributed by atoms with Gasteiger partial charge in [-0.2, -0.15) is 0 Å². The molecule has 1 aromatic rings. The smallest absolute Gasteiger partial charge is 0.251 e. The van der Waals surface area contributed by atoms with Crippen molar-refractivity contribution in [1.82, 2.24) is 15.2 Å². The first-order chi connectivity index (χ1) is 11.1. The first kappa shape index (κ1) is 16.4. The number of aliphatic hydroxyl groups is 1. The molecule has 2 aliphatic rings. The second-order valence-electron chi connectivity index (χ2n) is 7.04. The van der Waals surface area contributed by atoms with Crippen molar-refractivity contribution in [2.45, 2.75) is 56.6 Å². The molecule has 1 aliphatic heterocycles. The zero-order chi connectivity index (χ0) is 16.1. The molecule has 1 saturated carbocycles. The van der Waals surface area contributed by atoms with E-state index >= 15 is 0 Å². The van der Waals surface area contributed by atoms with Gasteiger partial charge in [-0.15, -0.1) is 0 Å². The molecule has 0 atom stereocenters. The van der Waals surface area contributed by atoms with Crippen molar-refractivity contribution in [2.75, 3.05) is 19.6 Å². The van der Waals surface area contributed by atoms with Crippen LogP contribution in [0.25, 0.3) is 0 Å². The SMILES string of the molecule is O=C(NC1CCN(CC2(O)CCCCC2)CC1)c1ccncc1. The monoisotopic (exact) mass is 317 g/mol. The Hall–Kier alpha value is -1.46. The van der Waals surface area contributed by atoms with Crippen molar-refractivity contribution in [3.8, 4) is 0 Å². The third kappa shape index (κ3) is 4.52. The Balaban J connectivity index is 1.44. The molecule has 0 aromatic carbocycles. The van der Waals surface area contributed by atoms with Crippen molar-refractivity contribution in [1.29, 1.82) is 0 Å². The van der Waals surface area contributed by atoms with Crippen molar-refractivity contribution < 1.29 is 9.90 Å². The van der Waals surface area contributed by atoms with Crippen LogP contribution in [-0.4, -0.2) is 52.2 Å². The molecule has 1 amide bonds. The van der Waals surface area contributed by atoms with Crippen LogP contribution < -0.4 is 5.32 Å². The summed E-state index contributed by atoms with van der Waals surface area (Å²) in [6.45, 7) is 2.69. The summed E-state index contributed by atoms with van der Waals surface area (Å²) in [4.78, 5) is 18.5. The minimum absolute atomic E-state index is 0.0169. The lowest BCUT2D eigenvalue weighted by molar-refractivity contribution is -0.0312. The van der Waals surface area contributed by atoms with Gasteiger partial charge in [-0.1, -0.05) is 19.3 Å². The van der Waals surface area contributed by atoms with Gasteiger partial charge in [-0.25, -0.2) is 0 Å². The normalized spacial score (nSPS) is 22.7. The summed E-state index contributed by atoms with van der Waals surface area (Å²) in [5, 5.41) is 13.8. The topological polar surface area (TPSA) is 65.5 Å². The third-order valence-electron chi connectivity index (χ3n) is 5.17. The van der Waals surface area contributed by atoms with Gasteiger partial charge in [0.1, 0.15) is 0 Å². The van der Waals surface area contributed by atoms with E-state index in [2.05, 4.69) is 15.2 Å². The molecule has 0 unspecified atom stereocenters. The van der Waals surface area contributed by atoms with Crippen LogP contribution in [0.5, 0.6) is 0 Å². The number of hydrogen-bond donors (Lipinski definition) is 2. The molecule has 0 bridgehead atoms. The molecule has 2 heterocycles. The minimum atomic E-state index is -0.481. The molecular formula is C18H27N3O2. The Morgan fingerprint density at radius 2 is 1.87 bits per heavy atom. The highest BCUT2D eigenvalue weighted by molar-refractivity contribution is 5.94. The van der Waals surface area contributed by atoms with E-state index < -0.39 is 5.60 Å². The zero-order valence-electron chi connectivity index (χ0n) is 13.7. The molecule has 0 spiro atoms. The van der Waals surface area contributed by atoms with E-state index in [1.54, 1.807) is 24.5 Å². The first-order valence-corrected chi connectivity index (χ1v) is 8.80. The summed E-state index contributed by atoms with van der Waals surface area (Å²) in [6, 6.07) is 3.71. The van der Waals surface area contributed by atoms with Crippen LogP contribution in [0.3, 0.4) is 0 Å². The lowest BCUT2D eigenvalue weighted by Crippen LogP contribution is -2.50. The van der Waals surface area contributed by atoms with Crippen LogP contribution in [0.1, 0.15) is 55.3 Å². The van der Waals surface area contributed by atoms with Crippen molar-refractivity contribution in [2.24, 2.45) is 0 Å². The van der Waals surface area contributed by atoms with Crippen LogP contribution in [0.15, 0.2) is 24.5 Å². The Morgan fingerprint density at radius 3 is 2.52 bits per heavy atom. The molecule has 2 fully saturated rings. The van der Waals surface area contributed by atoms with Gasteiger partial charge >= 0.3 is 0 Å². The van der Waals surface area contributed by atoms with E-state index in [1.807, 2.05) is 0 Å². The molecule has 5 nitrogen and oxygen atoms in total. The quantitative estimate of drug-likeness (QED) is 0.891. The highest BCUT2D eigenvalue weighted by atomic mass is 16.3. The van der Waals surface area contributed by atoms with Gasteiger partial charge in [0.05, 0.1) is 5.60 Å². The van der Waals surface area contributed by atoms with Crippen LogP contribution >= 0.6 is 0 Å². The van der Waals surface area contributed by atoms with Gasteiger partial charge in [-0.05, 0) is 37.8 Å². The fourth-order valence-corrected chi connectivity index (χ4v) is 3.79. The Morgan fingerprint density at radius 1 is 1.22 bits per heavy atom. The van der Waals surface area contributed by atoms with Gasteiger partial charge in [0.2, 0.25) is 0 Å². The Bertz CT molecular complexity index is 506. The van der Waals surface area contributed by atoms with Crippen LogP contribution in [-0.2, 0) is 0 Å². The van der Waals surface area contributed by atoms with Crippen molar-refractivity contribution in [3.05, 3.63) is 30.1 Å². The second-order valence-corrected chi connectivity index (χ2v) is 7.04. The van der Waals surface area contributed by atoms with Crippen LogP contribution in [0, 0.1) is 0 Å². The van der Waals surface area contributed by atoms with E-state index in [0.717, 1.165) is 58.2 Å². The van der Waals surface area contributed by atoms with E-state index in [-0.39, 0.29) is 11.9 Å². The number of β-amino-alcohol motifs (C(OH)–C–C–N with tert-alkyl or cyclic N) is 1. The van der Waals surface area contributed by atoms with E-state index in [9.17, 15) is 9.90 Å². The fourth-order valence-electron chi connectivity index (χ4n) is 3.79. The van der Waals surface area contributed by atoms with Crippen LogP contribution in [0.2, 0.25) is 0 Å². The lowest BCUT2D eigenvalue weighted by atomic mass is 9.84. The second kappa shape index (κ2) is 7.41. The van der Waals surface area contributed by atoms with Gasteiger partial charge < -0.3 is 15.3 Å². The molecule has 1 aromatic heterocycles. The maximum Gasteiger partial charge on any atom is 0.251 e. The molecular weight excluding hydrogens is 290 g/mol. The van der Waals surface area contributed by atoms with Gasteiger partial charge in [-0.3, -0.25) is 9.78 Å². The van der Waals surface area contributed by atoms with E-state index in [4.69, 9.17) is 0 Å². The number of aromatic nitrogens is 1. The summed E-state index contributed by atoms with van der Waals surface area (Å²) in [5.74, 6) is -0.0169. The first-order valence-electron chi connectivity index (χ1n) is 8.80. The molecule has 0 radical (unpaired) electrons. The number of carbonyl (C=O) groups is 1. The van der Waals surface area contributed by atoms with Crippen LogP contribution in [0.4, 0.5) is 0 Å². The Kier molecular flexibility index (Phi) is 5.28. The maximum atomic E-state index is 12.2. The van der Waals surface area contributed by atoms with Crippen molar-refractivity contribution in [3.63, 3.8) is 0 Å². The standard InChI is InChI=1S/C18H27N3O2/c22-17(15-4-10-19-11-5-15)20-16-6-12-21(13-7-16)14-18(23)8-2-1-3-9-18/h4-5,10-11,16,23H,1-3,6-9,12-14H2,(H,20,22). The van der Waals surface area contributed by atoms with Gasteiger partial charge in [0.15, 0.2) is 0 Å². The molecule has 1 aliphatic carbocycles. The summed E-state index contributed by atoms with van der Waals surface area (Å²) >= 11 is 0. The number of piperidine rings is 1. The minimum Gasteiger partial charge on any atom is -0.389 e. The average Bonchev–Trinajstić information content (AvgIpc) is 2.58. The number of rotatable bonds is 4. The molecule has 1 saturated heterocycles. The maximum absolute atomic E-state index is 12.2. The number of carbonyl (C=O) groups excluding carboxylic acids is 1. The predicted molar refractivity (Wildman–Crippen MR) is 89.2 cm³/mol. The van der Waals surface area contributed by atoms with Crippen molar-refractivity contribution >= 4 is 5.91 Å². The van der Waals surface area contributed by atoms with E-state index in [1.165, 1.54) is 6.42 Å². The third-order valence-corrected chi connectivity index (χ3v) is 5.17. The molecule has 3 rings (SSSR count). The number of amides is 1. The molecule has 2 N–H and O–H groups in total. The Labute approximate surface area is 138 Å². The molecule has 126 valence electrons. The number of nitrogens with zero attached hydrogens (tertiary/aromatic N) is 2. The lowest BCUT2D eigenvalue weighted by Gasteiger charge is -2.40. The number of pyridine rings is 1. The number of likely N-dealkylation sites (tertiary alicyclic amines) is 1. The predicted octanol–water partition coefficient (Wildman–Crippen LogP) is 1.97. The fraction of sp³-hybridized carbons (Fsp3) is 0.667. The summed E-state index contributed by atoms with van der Waals surface area (Å²) in [6.07, 6.45) is 10.6. The average molecular weight is 317 g/mol. The zero-order valence-corrected chi connectivity index (χ0v) is 13.7. The summed E-state index contributed by atoms with van der Waals surface area (Å²) in [5.41, 5.74) is 0.185. The number of hydrogen-bond acceptors (Lipinski definition) is 4. The highest BCUT2D eigenvalue weighted by Crippen LogP contribution is 2.29. The largest absolute Gasteiger partial charge is 0.389 e. The summed E-state index contributed by atoms with van der Waals surface area (Å²) < 4.78 is 0. The van der Waals surface area contributed by atoms with E-state index in [0.29, 0.717) is 5.56 Å². The van der Waals surface area contributed by atoms with Gasteiger partial charge in [0, 0.05) is 43.6 Å². The molecule has 23 heavy (non-hydrogen) atoms. The molecule has 5 heteroatoms. The summed E-state index contributed by atoms with van der Waals surface area (Å²) in [7, 11) is 0.